The predicted octanol–water partition coefficient (Wildman–Crippen LogP) is -0.721. The van der Waals surface area contributed by atoms with Crippen molar-refractivity contribution in [3.05, 3.63) is 0 Å². The number of sulfonamides is 1. The third kappa shape index (κ3) is 3.56. The lowest BCUT2D eigenvalue weighted by molar-refractivity contribution is 0.228. The third-order valence-corrected chi connectivity index (χ3v) is 5.41. The van der Waals surface area contributed by atoms with Crippen LogP contribution in [0.1, 0.15) is 25.7 Å². The highest BCUT2D eigenvalue weighted by Gasteiger charge is 2.37. The molecule has 0 bridgehead atoms. The molecule has 0 aromatic heterocycles. The standard InChI is InChI=1S/C10H20N4O3S/c11-10(12-15)7-14-5-3-8(4-6-14)13-18(16,17)9-1-2-9/h8-9,13,15H,1-7H2,(H2,11,12). The maximum absolute atomic E-state index is 11.8. The van der Waals surface area contributed by atoms with Crippen LogP contribution in [0, 0.1) is 0 Å². The van der Waals surface area contributed by atoms with E-state index in [9.17, 15) is 8.42 Å². The normalized spacial score (nSPS) is 24.3. The maximum atomic E-state index is 11.8. The Morgan fingerprint density at radius 1 is 1.33 bits per heavy atom. The van der Waals surface area contributed by atoms with Crippen molar-refractivity contribution >= 4 is 15.9 Å². The largest absolute Gasteiger partial charge is 0.409 e. The maximum Gasteiger partial charge on any atom is 0.214 e. The molecule has 0 amide bonds. The number of hydrogen-bond donors (Lipinski definition) is 3. The average Bonchev–Trinajstić information content (AvgIpc) is 3.15. The van der Waals surface area contributed by atoms with E-state index in [1.165, 1.54) is 0 Å². The summed E-state index contributed by atoms with van der Waals surface area (Å²) in [7, 11) is -3.09. The lowest BCUT2D eigenvalue weighted by atomic mass is 10.1. The molecule has 1 heterocycles. The number of piperidine rings is 1. The number of oxime groups is 1. The van der Waals surface area contributed by atoms with Crippen LogP contribution in [-0.2, 0) is 10.0 Å². The zero-order chi connectivity index (χ0) is 13.2. The Morgan fingerprint density at radius 2 is 1.94 bits per heavy atom. The van der Waals surface area contributed by atoms with Crippen molar-refractivity contribution in [3.63, 3.8) is 0 Å². The van der Waals surface area contributed by atoms with Crippen LogP contribution in [0.4, 0.5) is 0 Å². The first-order chi connectivity index (χ1) is 8.51. The third-order valence-electron chi connectivity index (χ3n) is 3.40. The van der Waals surface area contributed by atoms with Crippen LogP contribution in [0.3, 0.4) is 0 Å². The molecule has 2 rings (SSSR count). The van der Waals surface area contributed by atoms with Gasteiger partial charge < -0.3 is 10.9 Å². The molecule has 0 aromatic rings. The van der Waals surface area contributed by atoms with Crippen molar-refractivity contribution < 1.29 is 13.6 Å². The van der Waals surface area contributed by atoms with Crippen LogP contribution in [0.5, 0.6) is 0 Å². The molecular formula is C10H20N4O3S. The number of nitrogens with one attached hydrogen (secondary N) is 1. The molecule has 104 valence electrons. The fraction of sp³-hybridized carbons (Fsp3) is 0.900. The second kappa shape index (κ2) is 5.41. The van der Waals surface area contributed by atoms with E-state index in [1.54, 1.807) is 0 Å². The average molecular weight is 276 g/mol. The second-order valence-corrected chi connectivity index (χ2v) is 7.00. The van der Waals surface area contributed by atoms with Crippen LogP contribution < -0.4 is 10.5 Å². The Bertz CT molecular complexity index is 411. The first-order valence-electron chi connectivity index (χ1n) is 6.21. The molecule has 0 unspecified atom stereocenters. The molecule has 18 heavy (non-hydrogen) atoms. The van der Waals surface area contributed by atoms with Gasteiger partial charge in [0.1, 0.15) is 0 Å². The van der Waals surface area contributed by atoms with E-state index in [2.05, 4.69) is 14.8 Å². The number of nitrogens with zero attached hydrogens (tertiary/aromatic N) is 2. The van der Waals surface area contributed by atoms with Gasteiger partial charge in [0.15, 0.2) is 5.84 Å². The summed E-state index contributed by atoms with van der Waals surface area (Å²) in [6.45, 7) is 1.95. The summed E-state index contributed by atoms with van der Waals surface area (Å²) >= 11 is 0. The summed E-state index contributed by atoms with van der Waals surface area (Å²) in [5.74, 6) is 0.187. The molecule has 1 saturated heterocycles. The van der Waals surface area contributed by atoms with Crippen LogP contribution in [0.25, 0.3) is 0 Å². The van der Waals surface area contributed by atoms with Crippen LogP contribution in [-0.4, -0.2) is 55.3 Å². The minimum Gasteiger partial charge on any atom is -0.409 e. The van der Waals surface area contributed by atoms with E-state index in [0.29, 0.717) is 6.54 Å². The quantitative estimate of drug-likeness (QED) is 0.266. The van der Waals surface area contributed by atoms with Crippen molar-refractivity contribution in [2.75, 3.05) is 19.6 Å². The van der Waals surface area contributed by atoms with Gasteiger partial charge in [-0.1, -0.05) is 5.16 Å². The topological polar surface area (TPSA) is 108 Å². The van der Waals surface area contributed by atoms with Gasteiger partial charge in [-0.2, -0.15) is 0 Å². The van der Waals surface area contributed by atoms with Gasteiger partial charge in [-0.05, 0) is 25.7 Å². The fourth-order valence-electron chi connectivity index (χ4n) is 2.18. The molecule has 1 aliphatic heterocycles. The van der Waals surface area contributed by atoms with Crippen molar-refractivity contribution in [1.29, 1.82) is 0 Å². The summed E-state index contributed by atoms with van der Waals surface area (Å²) in [6, 6.07) is 0.0270. The molecular weight excluding hydrogens is 256 g/mol. The number of nitrogens with two attached hydrogens (primary N) is 1. The molecule has 0 atom stereocenters. The van der Waals surface area contributed by atoms with E-state index < -0.39 is 10.0 Å². The highest BCUT2D eigenvalue weighted by molar-refractivity contribution is 7.90. The summed E-state index contributed by atoms with van der Waals surface area (Å²) in [6.07, 6.45) is 3.12. The molecule has 7 nitrogen and oxygen atoms in total. The van der Waals surface area contributed by atoms with Gasteiger partial charge in [0.25, 0.3) is 0 Å². The van der Waals surface area contributed by atoms with Gasteiger partial charge in [0, 0.05) is 19.1 Å². The summed E-state index contributed by atoms with van der Waals surface area (Å²) in [5.41, 5.74) is 5.44. The zero-order valence-corrected chi connectivity index (χ0v) is 11.1. The minimum atomic E-state index is -3.09. The number of rotatable bonds is 5. The van der Waals surface area contributed by atoms with E-state index in [4.69, 9.17) is 10.9 Å². The molecule has 2 fully saturated rings. The first-order valence-corrected chi connectivity index (χ1v) is 7.76. The summed E-state index contributed by atoms with van der Waals surface area (Å²) in [5, 5.41) is 11.3. The Balaban J connectivity index is 1.76. The van der Waals surface area contributed by atoms with E-state index in [1.807, 2.05) is 0 Å². The lowest BCUT2D eigenvalue weighted by Gasteiger charge is -2.31. The predicted molar refractivity (Wildman–Crippen MR) is 67.9 cm³/mol. The molecule has 0 aromatic carbocycles. The van der Waals surface area contributed by atoms with Crippen molar-refractivity contribution in [1.82, 2.24) is 9.62 Å². The monoisotopic (exact) mass is 276 g/mol. The zero-order valence-electron chi connectivity index (χ0n) is 10.2. The smallest absolute Gasteiger partial charge is 0.214 e. The molecule has 2 aliphatic rings. The van der Waals surface area contributed by atoms with Gasteiger partial charge in [0.05, 0.1) is 11.8 Å². The number of likely N-dealkylation sites (tertiary alicyclic amines) is 1. The molecule has 1 saturated carbocycles. The van der Waals surface area contributed by atoms with Crippen molar-refractivity contribution in [2.24, 2.45) is 10.9 Å². The Morgan fingerprint density at radius 3 is 2.44 bits per heavy atom. The van der Waals surface area contributed by atoms with E-state index in [0.717, 1.165) is 38.8 Å². The van der Waals surface area contributed by atoms with Crippen molar-refractivity contribution in [2.45, 2.75) is 37.0 Å². The number of hydrogen-bond acceptors (Lipinski definition) is 5. The molecule has 0 radical (unpaired) electrons. The molecule has 0 spiro atoms. The van der Waals surface area contributed by atoms with Crippen LogP contribution >= 0.6 is 0 Å². The Hall–Kier alpha value is -0.860. The van der Waals surface area contributed by atoms with Gasteiger partial charge in [0.2, 0.25) is 10.0 Å². The van der Waals surface area contributed by atoms with Crippen LogP contribution in [0.2, 0.25) is 0 Å². The molecule has 4 N–H and O–H groups in total. The van der Waals surface area contributed by atoms with E-state index >= 15 is 0 Å². The fourth-order valence-corrected chi connectivity index (χ4v) is 3.83. The van der Waals surface area contributed by atoms with Gasteiger partial charge in [-0.3, -0.25) is 4.90 Å². The Labute approximate surface area is 107 Å². The van der Waals surface area contributed by atoms with Gasteiger partial charge in [-0.15, -0.1) is 0 Å². The lowest BCUT2D eigenvalue weighted by Crippen LogP contribution is -2.47. The summed E-state index contributed by atoms with van der Waals surface area (Å²) in [4.78, 5) is 2.05. The van der Waals surface area contributed by atoms with Gasteiger partial charge in [-0.25, -0.2) is 13.1 Å². The summed E-state index contributed by atoms with van der Waals surface area (Å²) < 4.78 is 26.3. The van der Waals surface area contributed by atoms with Crippen molar-refractivity contribution in [3.8, 4) is 0 Å². The second-order valence-electron chi connectivity index (χ2n) is 5.00. The van der Waals surface area contributed by atoms with E-state index in [-0.39, 0.29) is 17.1 Å². The molecule has 1 aliphatic carbocycles. The highest BCUT2D eigenvalue weighted by Crippen LogP contribution is 2.28. The minimum absolute atomic E-state index is 0.0270. The SMILES string of the molecule is NC(CN1CCC(NS(=O)(=O)C2CC2)CC1)=NO. The van der Waals surface area contributed by atoms with Gasteiger partial charge >= 0.3 is 0 Å². The van der Waals surface area contributed by atoms with Crippen LogP contribution in [0.15, 0.2) is 5.16 Å². The Kier molecular flexibility index (Phi) is 4.08. The number of amidine groups is 1. The molecule has 8 heteroatoms. The first kappa shape index (κ1) is 13.6. The highest BCUT2D eigenvalue weighted by atomic mass is 32.2.